The molecule has 1 aliphatic rings. The van der Waals surface area contributed by atoms with Crippen LogP contribution in [-0.2, 0) is 17.9 Å². The summed E-state index contributed by atoms with van der Waals surface area (Å²) < 4.78 is 2.11. The molecule has 1 aromatic heterocycles. The van der Waals surface area contributed by atoms with Gasteiger partial charge >= 0.3 is 5.97 Å². The van der Waals surface area contributed by atoms with Crippen molar-refractivity contribution in [1.82, 2.24) is 14.5 Å². The highest BCUT2D eigenvalue weighted by Crippen LogP contribution is 2.25. The van der Waals surface area contributed by atoms with Crippen LogP contribution >= 0.6 is 0 Å². The number of hydrogen-bond acceptors (Lipinski definition) is 3. The Bertz CT molecular complexity index is 416. The van der Waals surface area contributed by atoms with Crippen molar-refractivity contribution in [2.24, 2.45) is 5.92 Å². The van der Waals surface area contributed by atoms with Gasteiger partial charge in [-0.3, -0.25) is 9.69 Å². The van der Waals surface area contributed by atoms with Gasteiger partial charge in [-0.05, 0) is 25.3 Å². The summed E-state index contributed by atoms with van der Waals surface area (Å²) in [5, 5.41) is 9.29. The third kappa shape index (κ3) is 2.56. The maximum atomic E-state index is 11.3. The minimum atomic E-state index is -0.707. The van der Waals surface area contributed by atoms with E-state index in [-0.39, 0.29) is 12.0 Å². The van der Waals surface area contributed by atoms with Crippen LogP contribution in [0.2, 0.25) is 0 Å². The Hall–Kier alpha value is -1.36. The van der Waals surface area contributed by atoms with Crippen molar-refractivity contribution in [1.29, 1.82) is 0 Å². The summed E-state index contributed by atoms with van der Waals surface area (Å²) in [5.41, 5.74) is 1.11. The molecule has 0 aromatic carbocycles. The van der Waals surface area contributed by atoms with Crippen LogP contribution in [-0.4, -0.2) is 38.1 Å². The molecular weight excluding hydrogens is 230 g/mol. The Morgan fingerprint density at radius 3 is 3.06 bits per heavy atom. The monoisotopic (exact) mass is 251 g/mol. The lowest BCUT2D eigenvalue weighted by molar-refractivity contribution is -0.143. The predicted octanol–water partition coefficient (Wildman–Crippen LogP) is 1.59. The molecule has 0 radical (unpaired) electrons. The smallest absolute Gasteiger partial charge is 0.321 e. The third-order valence-corrected chi connectivity index (χ3v) is 3.69. The molecule has 0 saturated carbocycles. The largest absolute Gasteiger partial charge is 0.480 e. The Kier molecular flexibility index (Phi) is 4.01. The molecule has 100 valence electrons. The lowest BCUT2D eigenvalue weighted by Crippen LogP contribution is -2.38. The highest BCUT2D eigenvalue weighted by atomic mass is 16.4. The molecule has 2 unspecified atom stereocenters. The van der Waals surface area contributed by atoms with Crippen molar-refractivity contribution < 1.29 is 9.90 Å². The van der Waals surface area contributed by atoms with E-state index in [4.69, 9.17) is 0 Å². The van der Waals surface area contributed by atoms with E-state index in [2.05, 4.69) is 21.4 Å². The number of imidazole rings is 1. The molecular formula is C13H21N3O2. The average molecular weight is 251 g/mol. The lowest BCUT2D eigenvalue weighted by atomic mass is 10.0. The Morgan fingerprint density at radius 2 is 2.39 bits per heavy atom. The zero-order valence-corrected chi connectivity index (χ0v) is 11.0. The summed E-state index contributed by atoms with van der Waals surface area (Å²) in [7, 11) is 0. The minimum absolute atomic E-state index is 0.227. The molecule has 0 spiro atoms. The van der Waals surface area contributed by atoms with E-state index in [1.54, 1.807) is 0 Å². The second kappa shape index (κ2) is 5.52. The second-order valence-electron chi connectivity index (χ2n) is 5.10. The highest BCUT2D eigenvalue weighted by molar-refractivity contribution is 5.74. The standard InChI is InChI=1S/C13H21N3O2/c1-3-5-16-9-14-7-11(16)8-15-6-4-10(2)12(15)13(17)18/h7,9-10,12H,3-6,8H2,1-2H3,(H,17,18). The van der Waals surface area contributed by atoms with E-state index in [1.807, 2.05) is 19.4 Å². The molecule has 0 amide bonds. The van der Waals surface area contributed by atoms with E-state index >= 15 is 0 Å². The van der Waals surface area contributed by atoms with E-state index in [0.717, 1.165) is 31.6 Å². The van der Waals surface area contributed by atoms with Gasteiger partial charge in [0.1, 0.15) is 6.04 Å². The Labute approximate surface area is 107 Å². The minimum Gasteiger partial charge on any atom is -0.480 e. The molecule has 1 aromatic rings. The highest BCUT2D eigenvalue weighted by Gasteiger charge is 2.36. The number of aliphatic carboxylic acids is 1. The lowest BCUT2D eigenvalue weighted by Gasteiger charge is -2.23. The van der Waals surface area contributed by atoms with E-state index in [9.17, 15) is 9.90 Å². The maximum Gasteiger partial charge on any atom is 0.321 e. The molecule has 18 heavy (non-hydrogen) atoms. The number of likely N-dealkylation sites (tertiary alicyclic amines) is 1. The molecule has 1 N–H and O–H groups in total. The average Bonchev–Trinajstić information content (AvgIpc) is 2.88. The van der Waals surface area contributed by atoms with Gasteiger partial charge in [0.2, 0.25) is 0 Å². The van der Waals surface area contributed by atoms with Crippen molar-refractivity contribution in [2.75, 3.05) is 6.54 Å². The van der Waals surface area contributed by atoms with Crippen molar-refractivity contribution >= 4 is 5.97 Å². The van der Waals surface area contributed by atoms with Crippen molar-refractivity contribution in [3.05, 3.63) is 18.2 Å². The maximum absolute atomic E-state index is 11.3. The van der Waals surface area contributed by atoms with Crippen LogP contribution in [0.25, 0.3) is 0 Å². The van der Waals surface area contributed by atoms with Gasteiger partial charge in [-0.2, -0.15) is 0 Å². The van der Waals surface area contributed by atoms with Crippen molar-refractivity contribution in [3.8, 4) is 0 Å². The van der Waals surface area contributed by atoms with Crippen LogP contribution in [0, 0.1) is 5.92 Å². The molecule has 1 aliphatic heterocycles. The number of carbonyl (C=O) groups is 1. The quantitative estimate of drug-likeness (QED) is 0.863. The van der Waals surface area contributed by atoms with Gasteiger partial charge in [-0.25, -0.2) is 4.98 Å². The molecule has 1 saturated heterocycles. The normalized spacial score (nSPS) is 24.6. The summed E-state index contributed by atoms with van der Waals surface area (Å²) in [6, 6.07) is -0.352. The topological polar surface area (TPSA) is 58.4 Å². The molecule has 0 bridgehead atoms. The van der Waals surface area contributed by atoms with E-state index in [0.29, 0.717) is 6.54 Å². The van der Waals surface area contributed by atoms with Crippen LogP contribution in [0.15, 0.2) is 12.5 Å². The fourth-order valence-corrected chi connectivity index (χ4v) is 2.73. The summed E-state index contributed by atoms with van der Waals surface area (Å²) >= 11 is 0. The molecule has 1 fully saturated rings. The Morgan fingerprint density at radius 1 is 1.61 bits per heavy atom. The first-order valence-corrected chi connectivity index (χ1v) is 6.59. The molecule has 5 nitrogen and oxygen atoms in total. The van der Waals surface area contributed by atoms with Crippen LogP contribution in [0.3, 0.4) is 0 Å². The van der Waals surface area contributed by atoms with Gasteiger partial charge in [0.15, 0.2) is 0 Å². The van der Waals surface area contributed by atoms with Crippen LogP contribution in [0.4, 0.5) is 0 Å². The number of carboxylic acids is 1. The molecule has 2 heterocycles. The zero-order chi connectivity index (χ0) is 13.1. The molecule has 2 rings (SSSR count). The molecule has 0 aliphatic carbocycles. The van der Waals surface area contributed by atoms with Crippen molar-refractivity contribution in [3.63, 3.8) is 0 Å². The first-order chi connectivity index (χ1) is 8.63. The van der Waals surface area contributed by atoms with Gasteiger partial charge < -0.3 is 9.67 Å². The fourth-order valence-electron chi connectivity index (χ4n) is 2.73. The van der Waals surface area contributed by atoms with Gasteiger partial charge in [-0.15, -0.1) is 0 Å². The number of nitrogens with zero attached hydrogens (tertiary/aromatic N) is 3. The number of hydrogen-bond donors (Lipinski definition) is 1. The first-order valence-electron chi connectivity index (χ1n) is 6.59. The molecule has 2 atom stereocenters. The van der Waals surface area contributed by atoms with E-state index in [1.165, 1.54) is 0 Å². The SMILES string of the molecule is CCCn1cncc1CN1CCC(C)C1C(=O)O. The van der Waals surface area contributed by atoms with Gasteiger partial charge in [0.05, 0.1) is 12.0 Å². The van der Waals surface area contributed by atoms with Gasteiger partial charge in [0.25, 0.3) is 0 Å². The summed E-state index contributed by atoms with van der Waals surface area (Å²) in [4.78, 5) is 17.5. The summed E-state index contributed by atoms with van der Waals surface area (Å²) in [6.07, 6.45) is 5.69. The van der Waals surface area contributed by atoms with Crippen LogP contribution in [0.5, 0.6) is 0 Å². The van der Waals surface area contributed by atoms with Gasteiger partial charge in [-0.1, -0.05) is 13.8 Å². The number of aryl methyl sites for hydroxylation is 1. The summed E-state index contributed by atoms with van der Waals surface area (Å²) in [6.45, 7) is 6.62. The fraction of sp³-hybridized carbons (Fsp3) is 0.692. The second-order valence-corrected chi connectivity index (χ2v) is 5.10. The van der Waals surface area contributed by atoms with E-state index < -0.39 is 5.97 Å². The number of aromatic nitrogens is 2. The zero-order valence-electron chi connectivity index (χ0n) is 11.0. The van der Waals surface area contributed by atoms with Crippen molar-refractivity contribution in [2.45, 2.75) is 45.8 Å². The predicted molar refractivity (Wildman–Crippen MR) is 68.1 cm³/mol. The number of rotatable bonds is 5. The Balaban J connectivity index is 2.08. The van der Waals surface area contributed by atoms with Crippen LogP contribution in [0.1, 0.15) is 32.4 Å². The number of carboxylic acid groups (broad SMARTS) is 1. The molecule has 5 heteroatoms. The van der Waals surface area contributed by atoms with Gasteiger partial charge in [0, 0.05) is 19.3 Å². The third-order valence-electron chi connectivity index (χ3n) is 3.69. The first kappa shape index (κ1) is 13.1. The van der Waals surface area contributed by atoms with Crippen LogP contribution < -0.4 is 0 Å². The summed E-state index contributed by atoms with van der Waals surface area (Å²) in [5.74, 6) is -0.480.